The van der Waals surface area contributed by atoms with Crippen molar-refractivity contribution in [2.75, 3.05) is 44.9 Å². The summed E-state index contributed by atoms with van der Waals surface area (Å²) in [5.74, 6) is 0.139. The molecule has 0 aromatic heterocycles. The third-order valence-corrected chi connectivity index (χ3v) is 6.65. The van der Waals surface area contributed by atoms with Gasteiger partial charge in [0.2, 0.25) is 0 Å². The van der Waals surface area contributed by atoms with Crippen LogP contribution < -0.4 is 10.2 Å². The average molecular weight is 401 g/mol. The highest BCUT2D eigenvalue weighted by Gasteiger charge is 2.54. The van der Waals surface area contributed by atoms with Crippen LogP contribution in [0.5, 0.6) is 0 Å². The number of morpholine rings is 1. The summed E-state index contributed by atoms with van der Waals surface area (Å²) in [5, 5.41) is 3.03. The fraction of sp³-hybridized carbons (Fsp3) is 0.636. The van der Waals surface area contributed by atoms with Crippen molar-refractivity contribution in [1.82, 2.24) is 15.1 Å². The second kappa shape index (κ2) is 8.32. The third kappa shape index (κ3) is 3.98. The van der Waals surface area contributed by atoms with Crippen molar-refractivity contribution in [1.29, 1.82) is 0 Å². The van der Waals surface area contributed by atoms with E-state index >= 15 is 0 Å². The van der Waals surface area contributed by atoms with E-state index in [1.165, 1.54) is 10.6 Å². The van der Waals surface area contributed by atoms with Crippen LogP contribution in [-0.4, -0.2) is 67.3 Å². The lowest BCUT2D eigenvalue weighted by Gasteiger charge is -2.37. The van der Waals surface area contributed by atoms with Crippen molar-refractivity contribution in [2.45, 2.75) is 44.7 Å². The van der Waals surface area contributed by atoms with Crippen molar-refractivity contribution < 1.29 is 14.3 Å². The van der Waals surface area contributed by atoms with E-state index in [1.807, 2.05) is 11.9 Å². The highest BCUT2D eigenvalue weighted by atomic mass is 16.5. The molecule has 1 aromatic carbocycles. The molecule has 7 nitrogen and oxygen atoms in total. The van der Waals surface area contributed by atoms with Gasteiger partial charge in [0.1, 0.15) is 5.54 Å². The minimum Gasteiger partial charge on any atom is -0.378 e. The van der Waals surface area contributed by atoms with Crippen LogP contribution >= 0.6 is 0 Å². The summed E-state index contributed by atoms with van der Waals surface area (Å²) in [7, 11) is 1.95. The Morgan fingerprint density at radius 1 is 1.17 bits per heavy atom. The summed E-state index contributed by atoms with van der Waals surface area (Å²) in [6.45, 7) is 6.47. The summed E-state index contributed by atoms with van der Waals surface area (Å²) in [5.41, 5.74) is 1.69. The number of anilines is 1. The number of carbonyl (C=O) groups excluding carboxylic acids is 2. The van der Waals surface area contributed by atoms with Gasteiger partial charge in [-0.2, -0.15) is 0 Å². The molecule has 1 spiro atoms. The summed E-state index contributed by atoms with van der Waals surface area (Å²) < 4.78 is 5.41. The largest absolute Gasteiger partial charge is 0.378 e. The molecule has 0 radical (unpaired) electrons. The van der Waals surface area contributed by atoms with Gasteiger partial charge in [0.05, 0.1) is 19.9 Å². The minimum absolute atomic E-state index is 0.0517. The highest BCUT2D eigenvalue weighted by Crippen LogP contribution is 2.38. The van der Waals surface area contributed by atoms with Crippen molar-refractivity contribution in [2.24, 2.45) is 5.92 Å². The van der Waals surface area contributed by atoms with Gasteiger partial charge in [0.15, 0.2) is 0 Å². The van der Waals surface area contributed by atoms with Gasteiger partial charge >= 0.3 is 6.03 Å². The lowest BCUT2D eigenvalue weighted by Crippen LogP contribution is -2.54. The Bertz CT molecular complexity index is 747. The SMILES string of the molecule is C[C@@H]1CCCC[C@@]12NC(=O)N(CN(C)Cc1ccc(N3CCOCC3)cc1)C2=O. The lowest BCUT2D eigenvalue weighted by atomic mass is 9.73. The molecule has 1 aromatic rings. The number of benzene rings is 1. The first-order chi connectivity index (χ1) is 14.0. The first-order valence-electron chi connectivity index (χ1n) is 10.7. The molecular formula is C22H32N4O3. The van der Waals surface area contributed by atoms with E-state index in [4.69, 9.17) is 4.74 Å². The number of imide groups is 1. The number of amides is 3. The van der Waals surface area contributed by atoms with Crippen LogP contribution in [0.3, 0.4) is 0 Å². The van der Waals surface area contributed by atoms with Crippen molar-refractivity contribution in [3.05, 3.63) is 29.8 Å². The minimum atomic E-state index is -0.685. The molecule has 2 aliphatic heterocycles. The normalized spacial score (nSPS) is 27.8. The first kappa shape index (κ1) is 20.2. The maximum Gasteiger partial charge on any atom is 0.326 e. The van der Waals surface area contributed by atoms with Crippen LogP contribution in [0.1, 0.15) is 38.2 Å². The molecule has 0 unspecified atom stereocenters. The van der Waals surface area contributed by atoms with Crippen molar-refractivity contribution >= 4 is 17.6 Å². The Hall–Kier alpha value is -2.12. The highest BCUT2D eigenvalue weighted by molar-refractivity contribution is 6.07. The maximum atomic E-state index is 13.1. The van der Waals surface area contributed by atoms with E-state index in [-0.39, 0.29) is 17.9 Å². The molecular weight excluding hydrogens is 368 g/mol. The predicted octanol–water partition coefficient (Wildman–Crippen LogP) is 2.41. The second-order valence-corrected chi connectivity index (χ2v) is 8.70. The number of urea groups is 1. The standard InChI is InChI=1S/C22H32N4O3/c1-17-5-3-4-10-22(17)20(27)26(21(28)23-22)16-24(2)15-18-6-8-19(9-7-18)25-11-13-29-14-12-25/h6-9,17H,3-5,10-16H2,1-2H3,(H,23,28)/t17-,22-/m1/s1. The van der Waals surface area contributed by atoms with Gasteiger partial charge in [0, 0.05) is 25.3 Å². The number of ether oxygens (including phenoxy) is 1. The van der Waals surface area contributed by atoms with Crippen LogP contribution in [0, 0.1) is 5.92 Å². The molecule has 2 atom stereocenters. The zero-order chi connectivity index (χ0) is 20.4. The van der Waals surface area contributed by atoms with E-state index in [9.17, 15) is 9.59 Å². The molecule has 1 saturated carbocycles. The summed E-state index contributed by atoms with van der Waals surface area (Å²) >= 11 is 0. The second-order valence-electron chi connectivity index (χ2n) is 8.70. The van der Waals surface area contributed by atoms with Crippen LogP contribution in [0.2, 0.25) is 0 Å². The first-order valence-corrected chi connectivity index (χ1v) is 10.7. The molecule has 29 heavy (non-hydrogen) atoms. The van der Waals surface area contributed by atoms with E-state index in [0.29, 0.717) is 13.2 Å². The molecule has 1 N–H and O–H groups in total. The quantitative estimate of drug-likeness (QED) is 0.769. The van der Waals surface area contributed by atoms with Gasteiger partial charge in [-0.25, -0.2) is 9.69 Å². The number of nitrogens with one attached hydrogen (secondary N) is 1. The molecule has 4 rings (SSSR count). The Labute approximate surface area is 173 Å². The molecule has 7 heteroatoms. The van der Waals surface area contributed by atoms with Crippen molar-refractivity contribution in [3.8, 4) is 0 Å². The molecule has 2 heterocycles. The van der Waals surface area contributed by atoms with Crippen LogP contribution in [0.25, 0.3) is 0 Å². The Balaban J connectivity index is 1.36. The van der Waals surface area contributed by atoms with E-state index in [0.717, 1.165) is 57.6 Å². The van der Waals surface area contributed by atoms with Gasteiger partial charge in [-0.05, 0) is 43.5 Å². The molecule has 0 bridgehead atoms. The topological polar surface area (TPSA) is 65.1 Å². The number of rotatable bonds is 5. The number of nitrogens with zero attached hydrogens (tertiary/aromatic N) is 3. The molecule has 158 valence electrons. The molecule has 3 fully saturated rings. The van der Waals surface area contributed by atoms with Gasteiger partial charge in [-0.15, -0.1) is 0 Å². The number of hydrogen-bond acceptors (Lipinski definition) is 5. The predicted molar refractivity (Wildman–Crippen MR) is 112 cm³/mol. The smallest absolute Gasteiger partial charge is 0.326 e. The third-order valence-electron chi connectivity index (χ3n) is 6.65. The monoisotopic (exact) mass is 400 g/mol. The molecule has 1 aliphatic carbocycles. The Morgan fingerprint density at radius 2 is 1.90 bits per heavy atom. The Morgan fingerprint density at radius 3 is 2.59 bits per heavy atom. The Kier molecular flexibility index (Phi) is 5.79. The zero-order valence-corrected chi connectivity index (χ0v) is 17.5. The number of carbonyl (C=O) groups is 2. The molecule has 3 amide bonds. The molecule has 2 saturated heterocycles. The fourth-order valence-electron chi connectivity index (χ4n) is 4.86. The van der Waals surface area contributed by atoms with E-state index in [1.54, 1.807) is 0 Å². The summed E-state index contributed by atoms with van der Waals surface area (Å²) in [6, 6.07) is 8.27. The fourth-order valence-corrected chi connectivity index (χ4v) is 4.86. The van der Waals surface area contributed by atoms with Crippen molar-refractivity contribution in [3.63, 3.8) is 0 Å². The van der Waals surface area contributed by atoms with Gasteiger partial charge in [-0.3, -0.25) is 9.69 Å². The summed E-state index contributed by atoms with van der Waals surface area (Å²) in [6.07, 6.45) is 3.87. The zero-order valence-electron chi connectivity index (χ0n) is 17.5. The van der Waals surface area contributed by atoms with Gasteiger partial charge < -0.3 is 15.0 Å². The van der Waals surface area contributed by atoms with Gasteiger partial charge in [-0.1, -0.05) is 31.9 Å². The van der Waals surface area contributed by atoms with Gasteiger partial charge in [0.25, 0.3) is 5.91 Å². The average Bonchev–Trinajstić information content (AvgIpc) is 2.96. The van der Waals surface area contributed by atoms with Crippen LogP contribution in [0.15, 0.2) is 24.3 Å². The van der Waals surface area contributed by atoms with E-state index < -0.39 is 5.54 Å². The van der Waals surface area contributed by atoms with Crippen LogP contribution in [0.4, 0.5) is 10.5 Å². The maximum absolute atomic E-state index is 13.1. The van der Waals surface area contributed by atoms with Crippen LogP contribution in [-0.2, 0) is 16.1 Å². The van der Waals surface area contributed by atoms with E-state index in [2.05, 4.69) is 41.4 Å². The molecule has 3 aliphatic rings. The lowest BCUT2D eigenvalue weighted by molar-refractivity contribution is -0.135. The number of hydrogen-bond donors (Lipinski definition) is 1. The summed E-state index contributed by atoms with van der Waals surface area (Å²) in [4.78, 5) is 31.4.